The molecule has 0 spiro atoms. The van der Waals surface area contributed by atoms with Crippen LogP contribution in [-0.2, 0) is 4.79 Å². The Hall–Kier alpha value is -2.25. The van der Waals surface area contributed by atoms with Crippen LogP contribution >= 0.6 is 0 Å². The first kappa shape index (κ1) is 16.1. The molecular formula is C14H17F2N3O3. The highest BCUT2D eigenvalue weighted by Crippen LogP contribution is 2.26. The van der Waals surface area contributed by atoms with Gasteiger partial charge in [0.05, 0.1) is 11.5 Å². The lowest BCUT2D eigenvalue weighted by Gasteiger charge is -2.36. The van der Waals surface area contributed by atoms with Crippen molar-refractivity contribution < 1.29 is 18.5 Å². The number of carbonyl (C=O) groups excluding carboxylic acids is 1. The van der Waals surface area contributed by atoms with Crippen molar-refractivity contribution in [3.8, 4) is 0 Å². The quantitative estimate of drug-likeness (QED) is 0.669. The number of nitrogens with zero attached hydrogens (tertiary/aromatic N) is 2. The highest BCUT2D eigenvalue weighted by atomic mass is 19.3. The minimum Gasteiger partial charge on any atom is -0.360 e. The molecule has 8 heteroatoms. The molecule has 2 rings (SSSR count). The summed E-state index contributed by atoms with van der Waals surface area (Å²) >= 11 is 0. The van der Waals surface area contributed by atoms with Gasteiger partial charge in [0.15, 0.2) is 0 Å². The topological polar surface area (TPSA) is 75.5 Å². The molecule has 0 unspecified atom stereocenters. The number of nitrogens with one attached hydrogen (secondary N) is 1. The molecule has 0 radical (unpaired) electrons. The Morgan fingerprint density at radius 2 is 2.05 bits per heavy atom. The molecule has 0 aliphatic carbocycles. The summed E-state index contributed by atoms with van der Waals surface area (Å²) in [6, 6.07) is 5.39. The zero-order valence-corrected chi connectivity index (χ0v) is 11.9. The summed E-state index contributed by atoms with van der Waals surface area (Å²) in [5, 5.41) is 12.9. The third kappa shape index (κ3) is 3.90. The maximum Gasteiger partial charge on any atom is 0.269 e. The normalized spacial score (nSPS) is 18.3. The van der Waals surface area contributed by atoms with Crippen molar-refractivity contribution in [1.82, 2.24) is 5.32 Å². The maximum atomic E-state index is 12.2. The molecule has 1 saturated heterocycles. The molecule has 1 N–H and O–H groups in total. The lowest BCUT2D eigenvalue weighted by molar-refractivity contribution is -0.384. The number of alkyl halides is 2. The van der Waals surface area contributed by atoms with Gasteiger partial charge in [0.25, 0.3) is 12.1 Å². The molecule has 1 fully saturated rings. The van der Waals surface area contributed by atoms with E-state index in [4.69, 9.17) is 0 Å². The summed E-state index contributed by atoms with van der Waals surface area (Å²) in [5.74, 6) is -0.432. The van der Waals surface area contributed by atoms with Crippen LogP contribution in [0.5, 0.6) is 0 Å². The van der Waals surface area contributed by atoms with Crippen molar-refractivity contribution in [1.29, 1.82) is 0 Å². The summed E-state index contributed by atoms with van der Waals surface area (Å²) in [6.07, 6.45) is -0.280. The van der Waals surface area contributed by atoms with Crippen molar-refractivity contribution in [2.24, 2.45) is 0 Å². The van der Waals surface area contributed by atoms with Gasteiger partial charge >= 0.3 is 0 Å². The number of amides is 1. The van der Waals surface area contributed by atoms with Gasteiger partial charge in [-0.2, -0.15) is 0 Å². The smallest absolute Gasteiger partial charge is 0.269 e. The van der Waals surface area contributed by atoms with Crippen LogP contribution in [0, 0.1) is 10.1 Å². The molecule has 1 amide bonds. The van der Waals surface area contributed by atoms with E-state index in [1.807, 2.05) is 4.90 Å². The van der Waals surface area contributed by atoms with E-state index in [2.05, 4.69) is 5.32 Å². The van der Waals surface area contributed by atoms with Gasteiger partial charge in [0.2, 0.25) is 5.91 Å². The molecule has 6 nitrogen and oxygen atoms in total. The van der Waals surface area contributed by atoms with E-state index >= 15 is 0 Å². The zero-order chi connectivity index (χ0) is 16.1. The third-order valence-corrected chi connectivity index (χ3v) is 3.63. The lowest BCUT2D eigenvalue weighted by atomic mass is 10.0. The summed E-state index contributed by atoms with van der Waals surface area (Å²) in [6.45, 7) is -0.0476. The van der Waals surface area contributed by atoms with Crippen LogP contribution in [0.4, 0.5) is 20.2 Å². The van der Waals surface area contributed by atoms with Crippen LogP contribution in [-0.4, -0.2) is 36.4 Å². The Bertz CT molecular complexity index is 537. The van der Waals surface area contributed by atoms with Crippen LogP contribution in [0.3, 0.4) is 0 Å². The average molecular weight is 313 g/mol. The first-order valence-electron chi connectivity index (χ1n) is 7.06. The molecule has 0 aromatic heterocycles. The molecule has 1 aromatic carbocycles. The van der Waals surface area contributed by atoms with Crippen molar-refractivity contribution >= 4 is 17.3 Å². The first-order valence-corrected chi connectivity index (χ1v) is 7.06. The van der Waals surface area contributed by atoms with E-state index in [0.717, 1.165) is 12.8 Å². The van der Waals surface area contributed by atoms with Crippen LogP contribution < -0.4 is 10.2 Å². The van der Waals surface area contributed by atoms with Crippen LogP contribution in [0.1, 0.15) is 19.3 Å². The molecule has 1 aromatic rings. The van der Waals surface area contributed by atoms with E-state index in [1.54, 1.807) is 12.1 Å². The predicted molar refractivity (Wildman–Crippen MR) is 77.1 cm³/mol. The lowest BCUT2D eigenvalue weighted by Crippen LogP contribution is -2.50. The van der Waals surface area contributed by atoms with Gasteiger partial charge in [0, 0.05) is 24.4 Å². The van der Waals surface area contributed by atoms with E-state index in [9.17, 15) is 23.7 Å². The molecule has 120 valence electrons. The molecule has 1 aliphatic heterocycles. The number of rotatable bonds is 5. The van der Waals surface area contributed by atoms with Gasteiger partial charge in [-0.25, -0.2) is 8.78 Å². The minimum atomic E-state index is -2.58. The Kier molecular flexibility index (Phi) is 5.24. The summed E-state index contributed by atoms with van der Waals surface area (Å²) < 4.78 is 24.4. The number of non-ortho nitro benzene ring substituents is 1. The fourth-order valence-corrected chi connectivity index (χ4v) is 2.57. The van der Waals surface area contributed by atoms with Crippen molar-refractivity contribution in [3.05, 3.63) is 34.4 Å². The van der Waals surface area contributed by atoms with E-state index < -0.39 is 29.8 Å². The molecule has 0 saturated carbocycles. The summed E-state index contributed by atoms with van der Waals surface area (Å²) in [4.78, 5) is 24.1. The Balaban J connectivity index is 2.11. The molecule has 1 heterocycles. The maximum absolute atomic E-state index is 12.2. The van der Waals surface area contributed by atoms with Gasteiger partial charge in [-0.15, -0.1) is 0 Å². The Morgan fingerprint density at radius 1 is 1.36 bits per heavy atom. The third-order valence-electron chi connectivity index (χ3n) is 3.63. The summed E-state index contributed by atoms with van der Waals surface area (Å²) in [5.41, 5.74) is 0.655. The highest BCUT2D eigenvalue weighted by molar-refractivity contribution is 5.85. The van der Waals surface area contributed by atoms with Crippen LogP contribution in [0.25, 0.3) is 0 Å². The van der Waals surface area contributed by atoms with Crippen LogP contribution in [0.2, 0.25) is 0 Å². The number of piperidine rings is 1. The highest BCUT2D eigenvalue weighted by Gasteiger charge is 2.29. The van der Waals surface area contributed by atoms with Crippen LogP contribution in [0.15, 0.2) is 24.3 Å². The second kappa shape index (κ2) is 7.15. The monoisotopic (exact) mass is 313 g/mol. The van der Waals surface area contributed by atoms with Gasteiger partial charge in [-0.05, 0) is 31.4 Å². The van der Waals surface area contributed by atoms with Gasteiger partial charge in [-0.1, -0.05) is 0 Å². The second-order valence-corrected chi connectivity index (χ2v) is 5.11. The number of halogens is 2. The van der Waals surface area contributed by atoms with Gasteiger partial charge < -0.3 is 10.2 Å². The fourth-order valence-electron chi connectivity index (χ4n) is 2.57. The van der Waals surface area contributed by atoms with E-state index in [-0.39, 0.29) is 5.69 Å². The van der Waals surface area contributed by atoms with Gasteiger partial charge in [-0.3, -0.25) is 14.9 Å². The number of nitro groups is 1. The first-order chi connectivity index (χ1) is 10.5. The molecule has 0 bridgehead atoms. The molecule has 1 atom stereocenters. The zero-order valence-electron chi connectivity index (χ0n) is 11.9. The standard InChI is InChI=1S/C14H17F2N3O3/c15-13(16)9-17-14(20)12-3-1-2-8-18(12)10-4-6-11(7-5-10)19(21)22/h4-7,12-13H,1-3,8-9H2,(H,17,20)/t12-/m0/s1. The van der Waals surface area contributed by atoms with Crippen molar-refractivity contribution in [3.63, 3.8) is 0 Å². The molecule has 1 aliphatic rings. The van der Waals surface area contributed by atoms with Gasteiger partial charge in [0.1, 0.15) is 6.04 Å². The number of carbonyl (C=O) groups is 1. The number of benzene rings is 1. The summed E-state index contributed by atoms with van der Waals surface area (Å²) in [7, 11) is 0. The molecular weight excluding hydrogens is 296 g/mol. The van der Waals surface area contributed by atoms with Crippen molar-refractivity contribution in [2.75, 3.05) is 18.0 Å². The fraction of sp³-hybridized carbons (Fsp3) is 0.500. The van der Waals surface area contributed by atoms with Crippen molar-refractivity contribution in [2.45, 2.75) is 31.7 Å². The van der Waals surface area contributed by atoms with E-state index in [0.29, 0.717) is 18.7 Å². The number of nitro benzene ring substituents is 1. The van der Waals surface area contributed by atoms with E-state index in [1.165, 1.54) is 12.1 Å². The Labute approximate surface area is 126 Å². The largest absolute Gasteiger partial charge is 0.360 e. The number of hydrogen-bond acceptors (Lipinski definition) is 4. The number of anilines is 1. The minimum absolute atomic E-state index is 0.0283. The average Bonchev–Trinajstić information content (AvgIpc) is 2.52. The SMILES string of the molecule is O=C(NCC(F)F)[C@@H]1CCCCN1c1ccc([N+](=O)[O-])cc1. The second-order valence-electron chi connectivity index (χ2n) is 5.11. The molecule has 22 heavy (non-hydrogen) atoms. The Morgan fingerprint density at radius 3 is 2.64 bits per heavy atom. The predicted octanol–water partition coefficient (Wildman–Crippen LogP) is 2.33. The number of hydrogen-bond donors (Lipinski definition) is 1.